The summed E-state index contributed by atoms with van der Waals surface area (Å²) in [7, 11) is 0. The van der Waals surface area contributed by atoms with Crippen LogP contribution in [0.15, 0.2) is 60.9 Å². The molecule has 3 heterocycles. The molecule has 1 amide bonds. The van der Waals surface area contributed by atoms with E-state index in [1.165, 1.54) is 12.1 Å². The van der Waals surface area contributed by atoms with Crippen LogP contribution in [0.4, 0.5) is 21.7 Å². The number of carbonyl (C=O) groups is 1. The molecule has 1 N–H and O–H groups in total. The lowest BCUT2D eigenvalue weighted by molar-refractivity contribution is -0.138. The van der Waals surface area contributed by atoms with E-state index >= 15 is 0 Å². The number of rotatable bonds is 6. The molecule has 0 saturated carbocycles. The average Bonchev–Trinajstić information content (AvgIpc) is 2.81. The van der Waals surface area contributed by atoms with Crippen molar-refractivity contribution in [1.29, 1.82) is 0 Å². The average molecular weight is 422 g/mol. The van der Waals surface area contributed by atoms with Crippen molar-refractivity contribution >= 4 is 23.2 Å². The molecule has 31 heavy (non-hydrogen) atoms. The molecule has 0 aliphatic carbocycles. The third kappa shape index (κ3) is 5.06. The van der Waals surface area contributed by atoms with Gasteiger partial charge in [-0.3, -0.25) is 9.78 Å². The van der Waals surface area contributed by atoms with Gasteiger partial charge in [-0.05, 0) is 43.3 Å². The van der Waals surface area contributed by atoms with Crippen molar-refractivity contribution in [3.05, 3.63) is 66.7 Å². The summed E-state index contributed by atoms with van der Waals surface area (Å²) in [6, 6.07) is 13.6. The summed E-state index contributed by atoms with van der Waals surface area (Å²) in [4.78, 5) is 20.6. The molecule has 0 bridgehead atoms. The number of piperazine rings is 1. The molecule has 1 aliphatic rings. The van der Waals surface area contributed by atoms with Crippen molar-refractivity contribution in [3.63, 3.8) is 0 Å². The number of halogens is 1. The second-order valence-electron chi connectivity index (χ2n) is 7.15. The number of ether oxygens (including phenoxy) is 1. The van der Waals surface area contributed by atoms with Crippen molar-refractivity contribution in [2.24, 2.45) is 0 Å². The fourth-order valence-electron chi connectivity index (χ4n) is 3.34. The number of pyridine rings is 1. The summed E-state index contributed by atoms with van der Waals surface area (Å²) >= 11 is 0. The lowest BCUT2D eigenvalue weighted by Crippen LogP contribution is -2.52. The lowest BCUT2D eigenvalue weighted by Gasteiger charge is -2.36. The zero-order valence-corrected chi connectivity index (χ0v) is 17.1. The Bertz CT molecular complexity index is 1010. The van der Waals surface area contributed by atoms with E-state index in [-0.39, 0.29) is 11.7 Å². The monoisotopic (exact) mass is 422 g/mol. The van der Waals surface area contributed by atoms with E-state index < -0.39 is 11.9 Å². The van der Waals surface area contributed by atoms with Crippen molar-refractivity contribution in [2.45, 2.75) is 13.0 Å². The summed E-state index contributed by atoms with van der Waals surface area (Å²) in [5.74, 6) is 0.818. The van der Waals surface area contributed by atoms with Gasteiger partial charge < -0.3 is 19.9 Å². The summed E-state index contributed by atoms with van der Waals surface area (Å²) < 4.78 is 19.3. The highest BCUT2D eigenvalue weighted by Crippen LogP contribution is 2.20. The standard InChI is InChI=1S/C22H23FN6O2/c1-16(31-19-7-3-2-6-18(19)23)22(30)29-13-11-28(12-14-29)21-9-8-20(26-27-21)25-17-5-4-10-24-15-17/h2-10,15-16H,11-14H2,1H3,(H,25,26). The largest absolute Gasteiger partial charge is 0.478 e. The number of para-hydroxylation sites is 1. The highest BCUT2D eigenvalue weighted by molar-refractivity contribution is 5.81. The molecule has 8 nitrogen and oxygen atoms in total. The molecule has 4 rings (SSSR count). The van der Waals surface area contributed by atoms with Gasteiger partial charge in [0.05, 0.1) is 11.9 Å². The third-order valence-corrected chi connectivity index (χ3v) is 4.99. The Kier molecular flexibility index (Phi) is 6.21. The minimum absolute atomic E-state index is 0.0808. The second kappa shape index (κ2) is 9.38. The van der Waals surface area contributed by atoms with E-state index in [1.807, 2.05) is 24.3 Å². The maximum Gasteiger partial charge on any atom is 0.263 e. The quantitative estimate of drug-likeness (QED) is 0.654. The van der Waals surface area contributed by atoms with Gasteiger partial charge in [0.25, 0.3) is 5.91 Å². The zero-order chi connectivity index (χ0) is 21.6. The van der Waals surface area contributed by atoms with Crippen LogP contribution in [0.5, 0.6) is 5.75 Å². The van der Waals surface area contributed by atoms with Gasteiger partial charge in [-0.15, -0.1) is 10.2 Å². The number of anilines is 3. The molecule has 160 valence electrons. The van der Waals surface area contributed by atoms with Crippen LogP contribution in [0, 0.1) is 5.82 Å². The first kappa shape index (κ1) is 20.5. The van der Waals surface area contributed by atoms with Crippen molar-refractivity contribution in [1.82, 2.24) is 20.1 Å². The van der Waals surface area contributed by atoms with Crippen LogP contribution < -0.4 is 15.0 Å². The molecule has 1 saturated heterocycles. The number of nitrogens with one attached hydrogen (secondary N) is 1. The predicted octanol–water partition coefficient (Wildman–Crippen LogP) is 2.87. The fraction of sp³-hybridized carbons (Fsp3) is 0.273. The first-order chi connectivity index (χ1) is 15.1. The Morgan fingerprint density at radius 2 is 1.87 bits per heavy atom. The Balaban J connectivity index is 1.30. The highest BCUT2D eigenvalue weighted by Gasteiger charge is 2.27. The summed E-state index contributed by atoms with van der Waals surface area (Å²) in [5.41, 5.74) is 0.836. The minimum Gasteiger partial charge on any atom is -0.478 e. The molecular weight excluding hydrogens is 399 g/mol. The molecular formula is C22H23FN6O2. The number of hydrogen-bond acceptors (Lipinski definition) is 7. The molecule has 1 aliphatic heterocycles. The molecule has 0 radical (unpaired) electrons. The maximum absolute atomic E-state index is 13.8. The number of aromatic nitrogens is 3. The van der Waals surface area contributed by atoms with E-state index in [9.17, 15) is 9.18 Å². The van der Waals surface area contributed by atoms with Crippen molar-refractivity contribution in [3.8, 4) is 5.75 Å². The van der Waals surface area contributed by atoms with E-state index in [0.717, 1.165) is 11.5 Å². The Morgan fingerprint density at radius 1 is 1.06 bits per heavy atom. The van der Waals surface area contributed by atoms with E-state index in [4.69, 9.17) is 4.74 Å². The molecule has 0 spiro atoms. The lowest BCUT2D eigenvalue weighted by atomic mass is 10.2. The normalized spacial score (nSPS) is 14.8. The van der Waals surface area contributed by atoms with Crippen LogP contribution in [0.2, 0.25) is 0 Å². The van der Waals surface area contributed by atoms with Gasteiger partial charge in [-0.2, -0.15) is 0 Å². The van der Waals surface area contributed by atoms with Gasteiger partial charge in [0.2, 0.25) is 0 Å². The number of nitrogens with zero attached hydrogens (tertiary/aromatic N) is 5. The van der Waals surface area contributed by atoms with Crippen molar-refractivity contribution < 1.29 is 13.9 Å². The molecule has 1 atom stereocenters. The molecule has 2 aromatic heterocycles. The minimum atomic E-state index is -0.763. The van der Waals surface area contributed by atoms with Crippen LogP contribution in [0.3, 0.4) is 0 Å². The van der Waals surface area contributed by atoms with E-state index in [1.54, 1.807) is 36.4 Å². The van der Waals surface area contributed by atoms with Crippen LogP contribution >= 0.6 is 0 Å². The summed E-state index contributed by atoms with van der Waals surface area (Å²) in [5, 5.41) is 11.7. The van der Waals surface area contributed by atoms with Gasteiger partial charge in [0.15, 0.2) is 29.3 Å². The first-order valence-electron chi connectivity index (χ1n) is 10.1. The highest BCUT2D eigenvalue weighted by atomic mass is 19.1. The molecule has 1 unspecified atom stereocenters. The Morgan fingerprint density at radius 3 is 2.55 bits per heavy atom. The van der Waals surface area contributed by atoms with E-state index in [2.05, 4.69) is 25.4 Å². The first-order valence-corrected chi connectivity index (χ1v) is 10.1. The summed E-state index contributed by atoms with van der Waals surface area (Å²) in [6.07, 6.45) is 2.65. The van der Waals surface area contributed by atoms with E-state index in [0.29, 0.717) is 32.0 Å². The third-order valence-electron chi connectivity index (χ3n) is 4.99. The van der Waals surface area contributed by atoms with Crippen LogP contribution in [0.25, 0.3) is 0 Å². The fourth-order valence-corrected chi connectivity index (χ4v) is 3.34. The summed E-state index contributed by atoms with van der Waals surface area (Å²) in [6.45, 7) is 3.95. The van der Waals surface area contributed by atoms with Crippen LogP contribution in [-0.2, 0) is 4.79 Å². The Labute approximate surface area is 179 Å². The Hall–Kier alpha value is -3.75. The molecule has 3 aromatic rings. The van der Waals surface area contributed by atoms with Gasteiger partial charge in [-0.25, -0.2) is 4.39 Å². The maximum atomic E-state index is 13.8. The SMILES string of the molecule is CC(Oc1ccccc1F)C(=O)N1CCN(c2ccc(Nc3cccnc3)nn2)CC1. The molecule has 1 fully saturated rings. The number of hydrogen-bond donors (Lipinski definition) is 1. The number of benzene rings is 1. The van der Waals surface area contributed by atoms with Gasteiger partial charge in [-0.1, -0.05) is 12.1 Å². The van der Waals surface area contributed by atoms with Crippen molar-refractivity contribution in [2.75, 3.05) is 36.4 Å². The number of carbonyl (C=O) groups excluding carboxylic acids is 1. The van der Waals surface area contributed by atoms with Gasteiger partial charge in [0, 0.05) is 32.4 Å². The van der Waals surface area contributed by atoms with Crippen LogP contribution in [0.1, 0.15) is 6.92 Å². The molecule has 9 heteroatoms. The second-order valence-corrected chi connectivity index (χ2v) is 7.15. The van der Waals surface area contributed by atoms with Crippen LogP contribution in [-0.4, -0.2) is 58.3 Å². The van der Waals surface area contributed by atoms with Gasteiger partial charge >= 0.3 is 0 Å². The zero-order valence-electron chi connectivity index (χ0n) is 17.1. The number of amides is 1. The topological polar surface area (TPSA) is 83.5 Å². The molecule has 1 aromatic carbocycles. The van der Waals surface area contributed by atoms with Gasteiger partial charge in [0.1, 0.15) is 0 Å². The smallest absolute Gasteiger partial charge is 0.263 e. The predicted molar refractivity (Wildman–Crippen MR) is 115 cm³/mol.